The highest BCUT2D eigenvalue weighted by molar-refractivity contribution is 6.22. The van der Waals surface area contributed by atoms with Gasteiger partial charge in [-0.2, -0.15) is 0 Å². The Balaban J connectivity index is 1.14. The van der Waals surface area contributed by atoms with Gasteiger partial charge in [-0.3, -0.25) is 0 Å². The van der Waals surface area contributed by atoms with Gasteiger partial charge in [0, 0.05) is 0 Å². The van der Waals surface area contributed by atoms with Crippen molar-refractivity contribution in [3.05, 3.63) is 287 Å². The lowest BCUT2D eigenvalue weighted by molar-refractivity contribution is 0.633. The Labute approximate surface area is 373 Å². The van der Waals surface area contributed by atoms with Crippen LogP contribution in [0.4, 0.5) is 0 Å². The molecule has 11 aromatic rings. The summed E-state index contributed by atoms with van der Waals surface area (Å²) in [6.45, 7) is 0. The maximum absolute atomic E-state index is 2.61. The van der Waals surface area contributed by atoms with Crippen LogP contribution in [0.25, 0.3) is 77.2 Å². The van der Waals surface area contributed by atoms with Gasteiger partial charge in [0.15, 0.2) is 0 Å². The molecule has 64 heavy (non-hydrogen) atoms. The smallest absolute Gasteiger partial charge is 0.0622 e. The Kier molecular flexibility index (Phi) is 7.34. The first-order valence-corrected chi connectivity index (χ1v) is 22.5. The molecular formula is C64H40. The van der Waals surface area contributed by atoms with Gasteiger partial charge in [0.1, 0.15) is 0 Å². The lowest BCUT2D eigenvalue weighted by atomic mass is 9.52. The SMILES string of the molecule is c1ccc(-c2ccccc2-c2c3ccccc3c(-c3ccc4c(c3)C3(c5ccccc5-c5ccccc53)c3ccccc3C43c4ccccc4-c4ccccc43)c3ccccc23)cc1. The maximum Gasteiger partial charge on any atom is 0.0720 e. The number of fused-ring (bicyclic) bond motifs is 18. The van der Waals surface area contributed by atoms with E-state index in [1.807, 2.05) is 0 Å². The Morgan fingerprint density at radius 1 is 0.188 bits per heavy atom. The van der Waals surface area contributed by atoms with Crippen LogP contribution in [-0.2, 0) is 10.8 Å². The molecular weight excluding hydrogens is 769 g/mol. The van der Waals surface area contributed by atoms with Gasteiger partial charge in [-0.1, -0.05) is 237 Å². The van der Waals surface area contributed by atoms with Gasteiger partial charge < -0.3 is 0 Å². The summed E-state index contributed by atoms with van der Waals surface area (Å²) in [4.78, 5) is 0. The molecule has 0 heteroatoms. The van der Waals surface area contributed by atoms with Crippen molar-refractivity contribution in [3.8, 4) is 55.6 Å². The van der Waals surface area contributed by atoms with Crippen LogP contribution >= 0.6 is 0 Å². The average Bonchev–Trinajstić information content (AvgIpc) is 3.83. The summed E-state index contributed by atoms with van der Waals surface area (Å²) < 4.78 is 0. The lowest BCUT2D eigenvalue weighted by Crippen LogP contribution is -2.43. The second kappa shape index (κ2) is 13.2. The fourth-order valence-electron chi connectivity index (χ4n) is 12.7. The number of benzene rings is 11. The molecule has 0 bridgehead atoms. The lowest BCUT2D eigenvalue weighted by Gasteiger charge is -2.49. The van der Waals surface area contributed by atoms with Gasteiger partial charge in [-0.05, 0) is 128 Å². The normalized spacial score (nSPS) is 14.2. The third kappa shape index (κ3) is 4.42. The number of hydrogen-bond donors (Lipinski definition) is 0. The predicted octanol–water partition coefficient (Wildman–Crippen LogP) is 16.0. The van der Waals surface area contributed by atoms with Gasteiger partial charge in [-0.25, -0.2) is 0 Å². The summed E-state index contributed by atoms with van der Waals surface area (Å²) in [7, 11) is 0. The van der Waals surface area contributed by atoms with E-state index in [0.717, 1.165) is 0 Å². The minimum absolute atomic E-state index is 0.523. The standard InChI is InChI=1S/C64H40/c1-2-20-41(21-3-1)43-22-4-5-27-48(43)62-51-30-8-6-28-49(51)61(50-29-7-9-31-52(50)62)42-38-39-59-60(40-42)64(55-34-16-12-25-46(55)47-26-13-17-35-56(47)64)58-37-19-18-36-57(58)63(59)53-32-14-10-23-44(53)45-24-11-15-33-54(45)63/h1-40H. The minimum Gasteiger partial charge on any atom is -0.0622 e. The van der Waals surface area contributed by atoms with E-state index in [-0.39, 0.29) is 0 Å². The Bertz CT molecular complexity index is 3590. The molecule has 0 aliphatic heterocycles. The molecule has 0 nitrogen and oxygen atoms in total. The van der Waals surface area contributed by atoms with Crippen LogP contribution < -0.4 is 0 Å². The van der Waals surface area contributed by atoms with Crippen molar-refractivity contribution in [3.63, 3.8) is 0 Å². The van der Waals surface area contributed by atoms with Crippen molar-refractivity contribution in [2.45, 2.75) is 10.8 Å². The number of rotatable bonds is 3. The summed E-state index contributed by atoms with van der Waals surface area (Å²) in [5, 5.41) is 5.01. The van der Waals surface area contributed by atoms with Gasteiger partial charge in [0.25, 0.3) is 0 Å². The van der Waals surface area contributed by atoms with E-state index < -0.39 is 10.8 Å². The summed E-state index contributed by atoms with van der Waals surface area (Å²) in [5.74, 6) is 0. The highest BCUT2D eigenvalue weighted by Crippen LogP contribution is 2.67. The van der Waals surface area contributed by atoms with Gasteiger partial charge in [0.05, 0.1) is 10.8 Å². The van der Waals surface area contributed by atoms with Crippen LogP contribution in [0, 0.1) is 0 Å². The molecule has 0 unspecified atom stereocenters. The summed E-state index contributed by atoms with van der Waals surface area (Å²) in [6, 6.07) is 91.7. The number of hydrogen-bond acceptors (Lipinski definition) is 0. The molecule has 0 heterocycles. The van der Waals surface area contributed by atoms with E-state index in [9.17, 15) is 0 Å². The third-order valence-electron chi connectivity index (χ3n) is 15.0. The molecule has 2 spiro atoms. The highest BCUT2D eigenvalue weighted by Gasteiger charge is 2.59. The maximum atomic E-state index is 2.61. The zero-order valence-corrected chi connectivity index (χ0v) is 35.1. The average molecular weight is 809 g/mol. The van der Waals surface area contributed by atoms with Crippen molar-refractivity contribution in [1.82, 2.24) is 0 Å². The van der Waals surface area contributed by atoms with Crippen molar-refractivity contribution < 1.29 is 0 Å². The van der Waals surface area contributed by atoms with Crippen LogP contribution in [0.15, 0.2) is 243 Å². The molecule has 0 atom stereocenters. The highest BCUT2D eigenvalue weighted by atomic mass is 14.6. The Morgan fingerprint density at radius 3 is 0.984 bits per heavy atom. The van der Waals surface area contributed by atoms with E-state index in [0.29, 0.717) is 0 Å². The molecule has 296 valence electrons. The molecule has 0 N–H and O–H groups in total. The van der Waals surface area contributed by atoms with Crippen LogP contribution in [0.2, 0.25) is 0 Å². The van der Waals surface area contributed by atoms with Gasteiger partial charge in [0.2, 0.25) is 0 Å². The zero-order valence-electron chi connectivity index (χ0n) is 35.1. The van der Waals surface area contributed by atoms with E-state index in [2.05, 4.69) is 243 Å². The molecule has 0 saturated heterocycles. The van der Waals surface area contributed by atoms with E-state index >= 15 is 0 Å². The molecule has 0 aromatic heterocycles. The summed E-state index contributed by atoms with van der Waals surface area (Å²) in [6.07, 6.45) is 0. The second-order valence-electron chi connectivity index (χ2n) is 17.7. The van der Waals surface area contributed by atoms with Crippen LogP contribution in [0.5, 0.6) is 0 Å². The quantitative estimate of drug-likeness (QED) is 0.156. The molecule has 11 aromatic carbocycles. The fraction of sp³-hybridized carbons (Fsp3) is 0.0312. The largest absolute Gasteiger partial charge is 0.0720 e. The molecule has 0 fully saturated rings. The van der Waals surface area contributed by atoms with Crippen molar-refractivity contribution in [2.75, 3.05) is 0 Å². The molecule has 0 saturated carbocycles. The summed E-state index contributed by atoms with van der Waals surface area (Å²) in [5.41, 5.74) is 22.4. The first-order chi connectivity index (χ1) is 31.8. The Morgan fingerprint density at radius 2 is 0.516 bits per heavy atom. The van der Waals surface area contributed by atoms with Crippen molar-refractivity contribution >= 4 is 21.5 Å². The topological polar surface area (TPSA) is 0 Å². The zero-order chi connectivity index (χ0) is 42.0. The van der Waals surface area contributed by atoms with Gasteiger partial charge >= 0.3 is 0 Å². The monoisotopic (exact) mass is 808 g/mol. The van der Waals surface area contributed by atoms with E-state index in [4.69, 9.17) is 0 Å². The fourth-order valence-corrected chi connectivity index (χ4v) is 12.7. The van der Waals surface area contributed by atoms with Crippen LogP contribution in [0.1, 0.15) is 44.5 Å². The Hall–Kier alpha value is -8.06. The third-order valence-corrected chi connectivity index (χ3v) is 15.0. The minimum atomic E-state index is -0.562. The molecule has 3 aliphatic rings. The molecule has 0 radical (unpaired) electrons. The summed E-state index contributed by atoms with van der Waals surface area (Å²) >= 11 is 0. The van der Waals surface area contributed by atoms with Crippen LogP contribution in [-0.4, -0.2) is 0 Å². The molecule has 14 rings (SSSR count). The van der Waals surface area contributed by atoms with Gasteiger partial charge in [-0.15, -0.1) is 0 Å². The second-order valence-corrected chi connectivity index (χ2v) is 17.7. The first-order valence-electron chi connectivity index (χ1n) is 22.5. The molecule has 0 amide bonds. The van der Waals surface area contributed by atoms with Crippen LogP contribution in [0.3, 0.4) is 0 Å². The molecule has 3 aliphatic carbocycles. The first kappa shape index (κ1) is 35.5. The predicted molar refractivity (Wildman–Crippen MR) is 266 cm³/mol. The van der Waals surface area contributed by atoms with E-state index in [1.54, 1.807) is 0 Å². The van der Waals surface area contributed by atoms with Crippen molar-refractivity contribution in [1.29, 1.82) is 0 Å². The van der Waals surface area contributed by atoms with E-state index in [1.165, 1.54) is 122 Å². The van der Waals surface area contributed by atoms with Crippen molar-refractivity contribution in [2.24, 2.45) is 0 Å².